The first kappa shape index (κ1) is 20.7. The first-order valence-corrected chi connectivity index (χ1v) is 7.82. The molecule has 1 fully saturated rings. The fourth-order valence-corrected chi connectivity index (χ4v) is 2.96. The van der Waals surface area contributed by atoms with Gasteiger partial charge in [0.25, 0.3) is 0 Å². The fourth-order valence-electron chi connectivity index (χ4n) is 2.96. The van der Waals surface area contributed by atoms with Crippen LogP contribution < -0.4 is 4.74 Å². The molecule has 1 saturated heterocycles. The summed E-state index contributed by atoms with van der Waals surface area (Å²) in [6.45, 7) is 0.577. The topological polar surface area (TPSA) is 49.8 Å². The Hall–Kier alpha value is -0.381. The summed E-state index contributed by atoms with van der Waals surface area (Å²) in [4.78, 5) is 14.0. The van der Waals surface area contributed by atoms with Gasteiger partial charge < -0.3 is 14.7 Å². The predicted molar refractivity (Wildman–Crippen MR) is 86.4 cm³/mol. The summed E-state index contributed by atoms with van der Waals surface area (Å²) in [5.41, 5.74) is 1.03. The molecule has 1 aromatic rings. The van der Waals surface area contributed by atoms with Crippen molar-refractivity contribution >= 4 is 13.8 Å². The van der Waals surface area contributed by atoms with E-state index in [1.807, 2.05) is 29.2 Å². The van der Waals surface area contributed by atoms with Crippen LogP contribution in [0.5, 0.6) is 5.75 Å². The molecular formula is C17H23BNO3Y-. The van der Waals surface area contributed by atoms with Gasteiger partial charge in [-0.1, -0.05) is 18.5 Å². The molecule has 1 aliphatic rings. The molecule has 1 amide bonds. The number of amides is 1. The van der Waals surface area contributed by atoms with Crippen LogP contribution >= 0.6 is 0 Å². The Morgan fingerprint density at radius 1 is 1.43 bits per heavy atom. The average Bonchev–Trinajstić information content (AvgIpc) is 2.86. The number of carbonyl (C=O) groups excluding carboxylic acids is 1. The van der Waals surface area contributed by atoms with Gasteiger partial charge >= 0.3 is 0 Å². The van der Waals surface area contributed by atoms with E-state index < -0.39 is 0 Å². The number of ether oxygens (including phenoxy) is 1. The summed E-state index contributed by atoms with van der Waals surface area (Å²) in [6, 6.07) is 7.82. The third-order valence-corrected chi connectivity index (χ3v) is 4.20. The Bertz CT molecular complexity index is 500. The summed E-state index contributed by atoms with van der Waals surface area (Å²) in [6.07, 6.45) is 3.69. The number of aliphatic hydroxyl groups excluding tert-OH is 1. The molecule has 0 saturated carbocycles. The Morgan fingerprint density at radius 2 is 2.22 bits per heavy atom. The zero-order chi connectivity index (χ0) is 15.9. The average molecular weight is 389 g/mol. The minimum Gasteiger partial charge on any atom is -0.665 e. The van der Waals surface area contributed by atoms with Crippen LogP contribution in [0.3, 0.4) is 0 Å². The van der Waals surface area contributed by atoms with Crippen molar-refractivity contribution in [3.05, 3.63) is 36.9 Å². The third-order valence-electron chi connectivity index (χ3n) is 4.20. The van der Waals surface area contributed by atoms with Crippen molar-refractivity contribution < 1.29 is 47.3 Å². The zero-order valence-corrected chi connectivity index (χ0v) is 16.3. The third kappa shape index (κ3) is 6.21. The maximum absolute atomic E-state index is 12.1. The summed E-state index contributed by atoms with van der Waals surface area (Å²) in [5.74, 6) is 0.873. The number of hydrogen-bond acceptors (Lipinski definition) is 3. The van der Waals surface area contributed by atoms with Crippen molar-refractivity contribution in [1.82, 2.24) is 4.90 Å². The van der Waals surface area contributed by atoms with Crippen LogP contribution in [0.15, 0.2) is 24.3 Å². The molecule has 1 heterocycles. The number of aliphatic hydroxyl groups is 1. The van der Waals surface area contributed by atoms with Gasteiger partial charge in [-0.15, -0.1) is 0 Å². The first-order valence-electron chi connectivity index (χ1n) is 7.82. The molecule has 0 bridgehead atoms. The van der Waals surface area contributed by atoms with Crippen molar-refractivity contribution in [3.63, 3.8) is 0 Å². The minimum atomic E-state index is -0.370. The summed E-state index contributed by atoms with van der Waals surface area (Å²) in [5, 5.41) is 9.81. The molecule has 6 heteroatoms. The van der Waals surface area contributed by atoms with Gasteiger partial charge in [0.05, 0.1) is 19.7 Å². The monoisotopic (exact) mass is 389 g/mol. The Morgan fingerprint density at radius 3 is 2.91 bits per heavy atom. The molecule has 0 aromatic heterocycles. The van der Waals surface area contributed by atoms with E-state index in [1.165, 1.54) is 0 Å². The number of rotatable bonds is 8. The van der Waals surface area contributed by atoms with Crippen LogP contribution in [0.25, 0.3) is 0 Å². The molecule has 4 nitrogen and oxygen atoms in total. The number of hydrogen-bond donors (Lipinski definition) is 1. The fraction of sp³-hybridized carbons (Fsp3) is 0.529. The number of nitrogens with zero attached hydrogens (tertiary/aromatic N) is 1. The summed E-state index contributed by atoms with van der Waals surface area (Å²) >= 11 is 0. The van der Waals surface area contributed by atoms with E-state index in [0.717, 1.165) is 18.4 Å². The molecule has 1 N–H and O–H groups in total. The van der Waals surface area contributed by atoms with Crippen molar-refractivity contribution in [3.8, 4) is 5.75 Å². The van der Waals surface area contributed by atoms with Crippen LogP contribution in [0.2, 0.25) is 6.32 Å². The van der Waals surface area contributed by atoms with E-state index in [-0.39, 0.29) is 50.8 Å². The Labute approximate surface area is 165 Å². The second kappa shape index (κ2) is 10.5. The SMILES string of the molecule is [B]CCC(O)CCC1CCC(=O)N1Cc1cccc(O[CH2-])c1.[Y]. The molecule has 2 rings (SSSR count). The van der Waals surface area contributed by atoms with Crippen LogP contribution in [0.1, 0.15) is 37.7 Å². The quantitative estimate of drug-likeness (QED) is 0.549. The second-order valence-electron chi connectivity index (χ2n) is 5.81. The molecule has 0 spiro atoms. The molecule has 2 atom stereocenters. The van der Waals surface area contributed by atoms with E-state index in [1.54, 1.807) is 0 Å². The van der Waals surface area contributed by atoms with Crippen molar-refractivity contribution in [2.24, 2.45) is 0 Å². The number of likely N-dealkylation sites (tertiary alicyclic amines) is 1. The van der Waals surface area contributed by atoms with Gasteiger partial charge in [-0.05, 0) is 43.4 Å². The molecule has 0 aliphatic carbocycles. The van der Waals surface area contributed by atoms with Gasteiger partial charge in [0.2, 0.25) is 5.91 Å². The molecule has 3 radical (unpaired) electrons. The van der Waals surface area contributed by atoms with E-state index in [9.17, 15) is 9.90 Å². The molecule has 23 heavy (non-hydrogen) atoms. The molecule has 1 aromatic carbocycles. The molecule has 1 aliphatic heterocycles. The largest absolute Gasteiger partial charge is 0.665 e. The molecule has 121 valence electrons. The Kier molecular flexibility index (Phi) is 9.41. The van der Waals surface area contributed by atoms with E-state index in [0.29, 0.717) is 37.9 Å². The van der Waals surface area contributed by atoms with Crippen LogP contribution in [-0.2, 0) is 44.0 Å². The van der Waals surface area contributed by atoms with E-state index in [2.05, 4.69) is 7.11 Å². The van der Waals surface area contributed by atoms with Gasteiger partial charge in [-0.25, -0.2) is 0 Å². The van der Waals surface area contributed by atoms with Gasteiger partial charge in [-0.3, -0.25) is 4.79 Å². The Balaban J connectivity index is 0.00000264. The second-order valence-corrected chi connectivity index (χ2v) is 5.81. The van der Waals surface area contributed by atoms with E-state index in [4.69, 9.17) is 12.6 Å². The van der Waals surface area contributed by atoms with Crippen LogP contribution in [0.4, 0.5) is 0 Å². The number of carbonyl (C=O) groups is 1. The van der Waals surface area contributed by atoms with Gasteiger partial charge in [0, 0.05) is 51.7 Å². The normalized spacial score (nSPS) is 18.6. The maximum atomic E-state index is 12.1. The smallest absolute Gasteiger partial charge is 0.223 e. The van der Waals surface area contributed by atoms with Crippen molar-refractivity contribution in [1.29, 1.82) is 0 Å². The standard InChI is InChI=1S/C17H23BNO3.Y/c1-22-16-4-2-3-13(11-16)12-19-14(6-8-17(19)21)5-7-15(20)9-10-18;/h2-4,11,14-15,20H,1,5-10,12H2;/q-1;. The predicted octanol–water partition coefficient (Wildman–Crippen LogP) is 2.46. The first-order chi connectivity index (χ1) is 10.6. The van der Waals surface area contributed by atoms with Crippen LogP contribution in [0, 0.1) is 7.11 Å². The van der Waals surface area contributed by atoms with Crippen LogP contribution in [-0.4, -0.2) is 35.9 Å². The van der Waals surface area contributed by atoms with Gasteiger partial charge in [0.15, 0.2) is 0 Å². The zero-order valence-electron chi connectivity index (χ0n) is 13.5. The maximum Gasteiger partial charge on any atom is 0.223 e. The van der Waals surface area contributed by atoms with Gasteiger partial charge in [0.1, 0.15) is 0 Å². The minimum absolute atomic E-state index is 0. The summed E-state index contributed by atoms with van der Waals surface area (Å²) in [7, 11) is 8.86. The van der Waals surface area contributed by atoms with Crippen molar-refractivity contribution in [2.75, 3.05) is 0 Å². The van der Waals surface area contributed by atoms with Crippen molar-refractivity contribution in [2.45, 2.75) is 57.1 Å². The molecular weight excluding hydrogens is 366 g/mol. The van der Waals surface area contributed by atoms with E-state index >= 15 is 0 Å². The number of benzene rings is 1. The van der Waals surface area contributed by atoms with Gasteiger partial charge in [-0.2, -0.15) is 7.11 Å². The molecule has 2 unspecified atom stereocenters. The summed E-state index contributed by atoms with van der Waals surface area (Å²) < 4.78 is 4.98.